The summed E-state index contributed by atoms with van der Waals surface area (Å²) in [7, 11) is 0. The van der Waals surface area contributed by atoms with Gasteiger partial charge in [-0.1, -0.05) is 22.6 Å². The van der Waals surface area contributed by atoms with Crippen LogP contribution in [0.1, 0.15) is 17.7 Å². The van der Waals surface area contributed by atoms with E-state index in [4.69, 9.17) is 0 Å². The molecule has 0 fully saturated rings. The van der Waals surface area contributed by atoms with Crippen molar-refractivity contribution in [3.8, 4) is 0 Å². The number of unbranched alkanes of at least 4 members (excludes halogenated alkanes) is 1. The largest absolute Gasteiger partial charge is 0.312 e. The van der Waals surface area contributed by atoms with Crippen molar-refractivity contribution in [3.63, 3.8) is 0 Å². The standard InChI is InChI=1S/C9H13BrINS/c10-9-4-3-8(13-9)7-12-6-2-1-5-11/h3-4,12H,1-2,5-7H2. The molecule has 0 aliphatic carbocycles. The molecule has 1 heterocycles. The average Bonchev–Trinajstić information content (AvgIpc) is 2.51. The van der Waals surface area contributed by atoms with Gasteiger partial charge in [-0.3, -0.25) is 0 Å². The summed E-state index contributed by atoms with van der Waals surface area (Å²) in [4.78, 5) is 1.40. The first kappa shape index (κ1) is 11.9. The molecule has 0 aliphatic rings. The molecule has 0 spiro atoms. The second-order valence-electron chi connectivity index (χ2n) is 2.78. The van der Waals surface area contributed by atoms with Gasteiger partial charge in [-0.2, -0.15) is 0 Å². The van der Waals surface area contributed by atoms with E-state index < -0.39 is 0 Å². The Morgan fingerprint density at radius 3 is 2.85 bits per heavy atom. The summed E-state index contributed by atoms with van der Waals surface area (Å²) in [5, 5.41) is 3.44. The van der Waals surface area contributed by atoms with Crippen molar-refractivity contribution >= 4 is 49.9 Å². The Kier molecular flexibility index (Phi) is 6.61. The maximum absolute atomic E-state index is 3.46. The average molecular weight is 374 g/mol. The molecule has 0 aliphatic heterocycles. The Bertz CT molecular complexity index is 239. The van der Waals surface area contributed by atoms with E-state index in [2.05, 4.69) is 56.0 Å². The number of hydrogen-bond acceptors (Lipinski definition) is 2. The van der Waals surface area contributed by atoms with E-state index in [1.807, 2.05) is 0 Å². The molecule has 0 saturated carbocycles. The molecule has 0 aromatic carbocycles. The third kappa shape index (κ3) is 5.34. The van der Waals surface area contributed by atoms with Crippen molar-refractivity contribution in [3.05, 3.63) is 20.8 Å². The molecular weight excluding hydrogens is 361 g/mol. The molecule has 0 amide bonds. The van der Waals surface area contributed by atoms with Gasteiger partial charge in [0.1, 0.15) is 0 Å². The number of halogens is 2. The molecule has 0 bridgehead atoms. The van der Waals surface area contributed by atoms with Crippen LogP contribution in [0, 0.1) is 0 Å². The summed E-state index contributed by atoms with van der Waals surface area (Å²) >= 11 is 7.68. The van der Waals surface area contributed by atoms with E-state index >= 15 is 0 Å². The van der Waals surface area contributed by atoms with Gasteiger partial charge in [0.15, 0.2) is 0 Å². The molecule has 0 saturated heterocycles. The number of alkyl halides is 1. The molecule has 1 aromatic heterocycles. The van der Waals surface area contributed by atoms with E-state index in [1.54, 1.807) is 11.3 Å². The Labute approximate surface area is 106 Å². The molecule has 1 N–H and O–H groups in total. The van der Waals surface area contributed by atoms with Crippen LogP contribution < -0.4 is 5.32 Å². The second kappa shape index (κ2) is 7.20. The Morgan fingerprint density at radius 1 is 1.38 bits per heavy atom. The van der Waals surface area contributed by atoms with E-state index in [1.165, 1.54) is 25.9 Å². The highest BCUT2D eigenvalue weighted by Crippen LogP contribution is 2.21. The van der Waals surface area contributed by atoms with Crippen molar-refractivity contribution in [2.24, 2.45) is 0 Å². The van der Waals surface area contributed by atoms with Gasteiger partial charge in [0.25, 0.3) is 0 Å². The number of thiophene rings is 1. The third-order valence-electron chi connectivity index (χ3n) is 1.67. The van der Waals surface area contributed by atoms with Crippen molar-refractivity contribution in [1.29, 1.82) is 0 Å². The summed E-state index contributed by atoms with van der Waals surface area (Å²) in [5.74, 6) is 0. The lowest BCUT2D eigenvalue weighted by Crippen LogP contribution is -2.13. The number of rotatable bonds is 6. The van der Waals surface area contributed by atoms with Crippen LogP contribution in [0.15, 0.2) is 15.9 Å². The van der Waals surface area contributed by atoms with Crippen LogP contribution in [0.4, 0.5) is 0 Å². The molecule has 0 atom stereocenters. The molecule has 0 radical (unpaired) electrons. The van der Waals surface area contributed by atoms with Crippen molar-refractivity contribution in [2.75, 3.05) is 11.0 Å². The quantitative estimate of drug-likeness (QED) is 0.454. The van der Waals surface area contributed by atoms with Crippen LogP contribution in [0.25, 0.3) is 0 Å². The fourth-order valence-electron chi connectivity index (χ4n) is 1.00. The number of hydrogen-bond donors (Lipinski definition) is 1. The normalized spacial score (nSPS) is 10.6. The lowest BCUT2D eigenvalue weighted by molar-refractivity contribution is 0.650. The fraction of sp³-hybridized carbons (Fsp3) is 0.556. The zero-order chi connectivity index (χ0) is 9.52. The van der Waals surface area contributed by atoms with Crippen molar-refractivity contribution < 1.29 is 0 Å². The topological polar surface area (TPSA) is 12.0 Å². The Morgan fingerprint density at radius 2 is 2.23 bits per heavy atom. The third-order valence-corrected chi connectivity index (χ3v) is 4.05. The molecule has 0 unspecified atom stereocenters. The maximum atomic E-state index is 3.46. The zero-order valence-electron chi connectivity index (χ0n) is 7.35. The Hall–Kier alpha value is 0.870. The minimum absolute atomic E-state index is 1.01. The van der Waals surface area contributed by atoms with E-state index in [9.17, 15) is 0 Å². The predicted molar refractivity (Wildman–Crippen MR) is 71.8 cm³/mol. The van der Waals surface area contributed by atoms with Gasteiger partial charge < -0.3 is 5.32 Å². The molecule has 4 heteroatoms. The van der Waals surface area contributed by atoms with Crippen molar-refractivity contribution in [2.45, 2.75) is 19.4 Å². The van der Waals surface area contributed by atoms with Crippen LogP contribution in [0.5, 0.6) is 0 Å². The molecule has 1 aromatic rings. The van der Waals surface area contributed by atoms with Gasteiger partial charge >= 0.3 is 0 Å². The zero-order valence-corrected chi connectivity index (χ0v) is 11.9. The summed E-state index contributed by atoms with van der Waals surface area (Å²) in [6.45, 7) is 2.15. The van der Waals surface area contributed by atoms with Gasteiger partial charge in [0.05, 0.1) is 3.79 Å². The summed E-state index contributed by atoms with van der Waals surface area (Å²) < 4.78 is 2.49. The van der Waals surface area contributed by atoms with Crippen LogP contribution in [-0.4, -0.2) is 11.0 Å². The minimum atomic E-state index is 1.01. The molecular formula is C9H13BrINS. The fourth-order valence-corrected chi connectivity index (χ4v) is 2.99. The maximum Gasteiger partial charge on any atom is 0.0701 e. The van der Waals surface area contributed by atoms with Gasteiger partial charge in [-0.15, -0.1) is 11.3 Å². The predicted octanol–water partition coefficient (Wildman–Crippen LogP) is 3.82. The van der Waals surface area contributed by atoms with Crippen LogP contribution in [0.2, 0.25) is 0 Å². The van der Waals surface area contributed by atoms with Gasteiger partial charge in [0, 0.05) is 11.4 Å². The van der Waals surface area contributed by atoms with Crippen LogP contribution in [0.3, 0.4) is 0 Å². The SMILES string of the molecule is Brc1ccc(CNCCCCI)s1. The first-order valence-corrected chi connectivity index (χ1v) is 7.47. The summed E-state index contributed by atoms with van der Waals surface area (Å²) in [5.41, 5.74) is 0. The van der Waals surface area contributed by atoms with Crippen LogP contribution >= 0.6 is 49.9 Å². The molecule has 1 nitrogen and oxygen atoms in total. The summed E-state index contributed by atoms with van der Waals surface area (Å²) in [6, 6.07) is 4.27. The van der Waals surface area contributed by atoms with E-state index in [-0.39, 0.29) is 0 Å². The van der Waals surface area contributed by atoms with Gasteiger partial charge in [-0.25, -0.2) is 0 Å². The first-order chi connectivity index (χ1) is 6.33. The minimum Gasteiger partial charge on any atom is -0.312 e. The van der Waals surface area contributed by atoms with Gasteiger partial charge in [-0.05, 0) is 51.9 Å². The highest BCUT2D eigenvalue weighted by molar-refractivity contribution is 14.1. The summed E-state index contributed by atoms with van der Waals surface area (Å²) in [6.07, 6.45) is 2.61. The molecule has 13 heavy (non-hydrogen) atoms. The second-order valence-corrected chi connectivity index (χ2v) is 6.41. The van der Waals surface area contributed by atoms with E-state index in [0.29, 0.717) is 0 Å². The monoisotopic (exact) mass is 373 g/mol. The molecule has 1 rings (SSSR count). The highest BCUT2D eigenvalue weighted by Gasteiger charge is 1.96. The van der Waals surface area contributed by atoms with Crippen LogP contribution in [-0.2, 0) is 6.54 Å². The highest BCUT2D eigenvalue weighted by atomic mass is 127. The van der Waals surface area contributed by atoms with Crippen molar-refractivity contribution in [1.82, 2.24) is 5.32 Å². The van der Waals surface area contributed by atoms with Gasteiger partial charge in [0.2, 0.25) is 0 Å². The molecule has 74 valence electrons. The smallest absolute Gasteiger partial charge is 0.0701 e. The van der Waals surface area contributed by atoms with E-state index in [0.717, 1.165) is 13.1 Å². The lowest BCUT2D eigenvalue weighted by atomic mass is 10.3. The first-order valence-electron chi connectivity index (χ1n) is 4.34. The lowest BCUT2D eigenvalue weighted by Gasteiger charge is -2.00. The number of nitrogens with one attached hydrogen (secondary N) is 1. The Balaban J connectivity index is 2.06.